The Morgan fingerprint density at radius 3 is 0.667 bits per heavy atom. The van der Waals surface area contributed by atoms with Crippen LogP contribution >= 0.6 is 0 Å². The summed E-state index contributed by atoms with van der Waals surface area (Å²) in [5.74, 6) is 0. The molecule has 0 aliphatic heterocycles. The van der Waals surface area contributed by atoms with Gasteiger partial charge >= 0.3 is 41.9 Å². The molecule has 0 nitrogen and oxygen atoms in total. The molecule has 0 aromatic heterocycles. The van der Waals surface area contributed by atoms with Gasteiger partial charge in [0, 0.05) is 0 Å². The first kappa shape index (κ1) is 6.88. The van der Waals surface area contributed by atoms with Gasteiger partial charge in [-0.3, -0.25) is 0 Å². The maximum absolute atomic E-state index is 2.42. The van der Waals surface area contributed by atoms with Crippen LogP contribution in [0.2, 0.25) is 23.2 Å². The number of rotatable bonds is 0. The molecule has 0 aromatic carbocycles. The Hall–Kier alpha value is 0.883. The van der Waals surface area contributed by atoms with Gasteiger partial charge in [0.05, 0.1) is 0 Å². The minimum absolute atomic E-state index is 1.80. The van der Waals surface area contributed by atoms with Gasteiger partial charge in [-0.1, -0.05) is 0 Å². The van der Waals surface area contributed by atoms with Crippen molar-refractivity contribution in [3.8, 4) is 0 Å². The van der Waals surface area contributed by atoms with Crippen LogP contribution in [0.25, 0.3) is 0 Å². The molecule has 0 spiro atoms. The molecule has 0 fully saturated rings. The van der Waals surface area contributed by atoms with E-state index >= 15 is 0 Å². The van der Waals surface area contributed by atoms with Crippen LogP contribution in [-0.4, -0.2) is 18.8 Å². The predicted molar refractivity (Wildman–Crippen MR) is 35.1 cm³/mol. The molecule has 0 aliphatic rings. The molecule has 0 bridgehead atoms. The van der Waals surface area contributed by atoms with Crippen LogP contribution in [0, 0.1) is 0 Å². The van der Waals surface area contributed by atoms with Crippen molar-refractivity contribution < 1.29 is 0 Å². The van der Waals surface area contributed by atoms with Gasteiger partial charge in [-0.2, -0.15) is 0 Å². The zero-order valence-electron chi connectivity index (χ0n) is 5.45. The molecular formula is C5H15Bi. The van der Waals surface area contributed by atoms with Crippen LogP contribution in [0.4, 0.5) is 0 Å². The second-order valence-corrected chi connectivity index (χ2v) is 39.2. The van der Waals surface area contributed by atoms with E-state index in [1.54, 1.807) is 0 Å². The quantitative estimate of drug-likeness (QED) is 0.600. The van der Waals surface area contributed by atoms with Crippen LogP contribution in [0.1, 0.15) is 0 Å². The van der Waals surface area contributed by atoms with Crippen LogP contribution in [-0.2, 0) is 0 Å². The van der Waals surface area contributed by atoms with Crippen molar-refractivity contribution in [1.82, 2.24) is 0 Å². The molecule has 0 aliphatic carbocycles. The Kier molecular flexibility index (Phi) is 1.36. The van der Waals surface area contributed by atoms with Crippen molar-refractivity contribution in [2.24, 2.45) is 0 Å². The van der Waals surface area contributed by atoms with Gasteiger partial charge in [-0.15, -0.1) is 0 Å². The monoisotopic (exact) mass is 284 g/mol. The topological polar surface area (TPSA) is 0 Å². The molecule has 40 valence electrons. The summed E-state index contributed by atoms with van der Waals surface area (Å²) in [7, 11) is 0. The van der Waals surface area contributed by atoms with Crippen LogP contribution in [0.5, 0.6) is 0 Å². The fourth-order valence-corrected chi connectivity index (χ4v) is 0. The second-order valence-electron chi connectivity index (χ2n) is 4.47. The van der Waals surface area contributed by atoms with Gasteiger partial charge in [-0.25, -0.2) is 0 Å². The molecule has 0 saturated carbocycles. The summed E-state index contributed by atoms with van der Waals surface area (Å²) in [6.07, 6.45) is 0. The zero-order chi connectivity index (χ0) is 5.45. The van der Waals surface area contributed by atoms with Gasteiger partial charge in [0.1, 0.15) is 0 Å². The van der Waals surface area contributed by atoms with Crippen molar-refractivity contribution in [1.29, 1.82) is 0 Å². The molecule has 0 aromatic rings. The SMILES string of the molecule is [CH3][Bi]([CH3])([CH3])([CH3])[CH3]. The molecular weight excluding hydrogens is 269 g/mol. The Morgan fingerprint density at radius 2 is 0.667 bits per heavy atom. The molecule has 0 heterocycles. The first-order chi connectivity index (χ1) is 2.24. The predicted octanol–water partition coefficient (Wildman–Crippen LogP) is 2.54. The fraction of sp³-hybridized carbons (Fsp3) is 1.00. The van der Waals surface area contributed by atoms with E-state index in [1.807, 2.05) is 0 Å². The Bertz CT molecular complexity index is 37.1. The van der Waals surface area contributed by atoms with Crippen molar-refractivity contribution >= 4 is 18.8 Å². The van der Waals surface area contributed by atoms with Crippen molar-refractivity contribution in [3.05, 3.63) is 0 Å². The first-order valence-corrected chi connectivity index (χ1v) is 19.6. The molecule has 0 amide bonds. The Labute approximate surface area is 42.1 Å². The van der Waals surface area contributed by atoms with E-state index in [9.17, 15) is 0 Å². The van der Waals surface area contributed by atoms with E-state index < -0.39 is 18.8 Å². The third-order valence-corrected chi connectivity index (χ3v) is 0. The van der Waals surface area contributed by atoms with E-state index in [0.717, 1.165) is 0 Å². The first-order valence-electron chi connectivity index (χ1n) is 2.24. The van der Waals surface area contributed by atoms with E-state index in [0.29, 0.717) is 0 Å². The van der Waals surface area contributed by atoms with E-state index in [-0.39, 0.29) is 0 Å². The Balaban J connectivity index is 3.73. The molecule has 1 heteroatoms. The van der Waals surface area contributed by atoms with Crippen LogP contribution in [0.15, 0.2) is 0 Å². The van der Waals surface area contributed by atoms with Gasteiger partial charge < -0.3 is 0 Å². The van der Waals surface area contributed by atoms with Crippen LogP contribution < -0.4 is 0 Å². The summed E-state index contributed by atoms with van der Waals surface area (Å²) in [6, 6.07) is 0. The van der Waals surface area contributed by atoms with Crippen molar-refractivity contribution in [3.63, 3.8) is 0 Å². The van der Waals surface area contributed by atoms with Crippen LogP contribution in [0.3, 0.4) is 0 Å². The van der Waals surface area contributed by atoms with E-state index in [2.05, 4.69) is 23.2 Å². The van der Waals surface area contributed by atoms with Gasteiger partial charge in [0.15, 0.2) is 0 Å². The average molecular weight is 284 g/mol. The normalized spacial score (nSPS) is 19.2. The minimum atomic E-state index is -1.80. The molecule has 0 unspecified atom stereocenters. The number of hydrogen-bond donors (Lipinski definition) is 0. The summed E-state index contributed by atoms with van der Waals surface area (Å²) < 4.78 is 12.1. The van der Waals surface area contributed by atoms with Crippen molar-refractivity contribution in [2.75, 3.05) is 0 Å². The van der Waals surface area contributed by atoms with E-state index in [1.165, 1.54) is 0 Å². The molecule has 0 N–H and O–H groups in total. The molecule has 0 rings (SSSR count). The Morgan fingerprint density at radius 1 is 0.667 bits per heavy atom. The average Bonchev–Trinajstić information content (AvgIpc) is 0.650. The summed E-state index contributed by atoms with van der Waals surface area (Å²) >= 11 is -1.80. The summed E-state index contributed by atoms with van der Waals surface area (Å²) in [4.78, 5) is 0. The molecule has 6 heavy (non-hydrogen) atoms. The molecule has 0 radical (unpaired) electrons. The van der Waals surface area contributed by atoms with Crippen molar-refractivity contribution in [2.45, 2.75) is 23.2 Å². The summed E-state index contributed by atoms with van der Waals surface area (Å²) in [5.41, 5.74) is 0. The zero-order valence-corrected chi connectivity index (χ0v) is 8.92. The number of hydrogen-bond acceptors (Lipinski definition) is 0. The molecule has 0 saturated heterocycles. The van der Waals surface area contributed by atoms with Gasteiger partial charge in [0.2, 0.25) is 0 Å². The standard InChI is InChI=1S/5CH3.Bi/h5*1H3;. The van der Waals surface area contributed by atoms with Gasteiger partial charge in [-0.05, 0) is 0 Å². The fourth-order valence-electron chi connectivity index (χ4n) is 0. The van der Waals surface area contributed by atoms with Gasteiger partial charge in [0.25, 0.3) is 0 Å². The summed E-state index contributed by atoms with van der Waals surface area (Å²) in [6.45, 7) is 0. The second kappa shape index (κ2) is 1.18. The third kappa shape index (κ3) is 94.4. The summed E-state index contributed by atoms with van der Waals surface area (Å²) in [5, 5.41) is 0. The third-order valence-electron chi connectivity index (χ3n) is 0. The maximum atomic E-state index is 2.42. The molecule has 0 atom stereocenters. The van der Waals surface area contributed by atoms with E-state index in [4.69, 9.17) is 0 Å².